The molecular weight excluding hydrogens is 93.1 g/mol. The summed E-state index contributed by atoms with van der Waals surface area (Å²) in [6.45, 7) is 0. The molecule has 3 aliphatic rings. The summed E-state index contributed by atoms with van der Waals surface area (Å²) in [6, 6.07) is 0. The van der Waals surface area contributed by atoms with E-state index in [2.05, 4.69) is 0 Å². The lowest BCUT2D eigenvalue weighted by Crippen LogP contribution is -2.64. The number of rotatable bonds is 1. The molecule has 3 aliphatic carbocycles. The molecule has 0 aromatic carbocycles. The fourth-order valence-corrected chi connectivity index (χ4v) is 1.59. The van der Waals surface area contributed by atoms with Crippen LogP contribution in [0.5, 0.6) is 0 Å². The number of hydrogen-bond donors (Lipinski definition) is 1. The Morgan fingerprint density at radius 3 is 2.00 bits per heavy atom. The zero-order chi connectivity index (χ0) is 4.91. The topological polar surface area (TPSA) is 12.0 Å². The van der Waals surface area contributed by atoms with E-state index in [1.165, 1.54) is 0 Å². The summed E-state index contributed by atoms with van der Waals surface area (Å²) in [7, 11) is 0. The highest BCUT2D eigenvalue weighted by atomic mass is 19.2. The molecular formula is C5H8FN. The fraction of sp³-hybridized carbons (Fsp3) is 1.00. The zero-order valence-corrected chi connectivity index (χ0v) is 4.08. The van der Waals surface area contributed by atoms with Crippen LogP contribution in [0.4, 0.5) is 4.48 Å². The van der Waals surface area contributed by atoms with Crippen molar-refractivity contribution < 1.29 is 4.48 Å². The lowest BCUT2D eigenvalue weighted by molar-refractivity contribution is -0.0924. The number of nitrogens with one attached hydrogen (secondary N) is 1. The Morgan fingerprint density at radius 2 is 2.00 bits per heavy atom. The molecule has 0 aliphatic heterocycles. The normalized spacial score (nSPS) is 55.3. The van der Waals surface area contributed by atoms with Gasteiger partial charge in [-0.15, -0.1) is 4.48 Å². The van der Waals surface area contributed by atoms with Crippen LogP contribution in [0.3, 0.4) is 0 Å². The summed E-state index contributed by atoms with van der Waals surface area (Å²) < 4.78 is 11.6. The van der Waals surface area contributed by atoms with Crippen LogP contribution >= 0.6 is 0 Å². The van der Waals surface area contributed by atoms with E-state index in [1.807, 2.05) is 5.54 Å². The van der Waals surface area contributed by atoms with Crippen molar-refractivity contribution >= 4 is 0 Å². The Hall–Kier alpha value is -0.110. The monoisotopic (exact) mass is 101 g/mol. The standard InChI is InChI=1S/C5H8FN/c6-7-5-1-4(2-5)3-5/h4,7H,1-3H2. The minimum atomic E-state index is -0.00926. The molecule has 3 fully saturated rings. The first-order valence-corrected chi connectivity index (χ1v) is 2.72. The third kappa shape index (κ3) is 0.278. The summed E-state index contributed by atoms with van der Waals surface area (Å²) in [5.74, 6) is 0.878. The molecule has 0 aromatic heterocycles. The molecule has 3 saturated carbocycles. The van der Waals surface area contributed by atoms with E-state index in [-0.39, 0.29) is 5.54 Å². The van der Waals surface area contributed by atoms with Crippen molar-refractivity contribution in [1.82, 2.24) is 5.54 Å². The first-order chi connectivity index (χ1) is 3.35. The van der Waals surface area contributed by atoms with Crippen molar-refractivity contribution in [2.45, 2.75) is 24.8 Å². The average molecular weight is 101 g/mol. The first kappa shape index (κ1) is 3.84. The van der Waals surface area contributed by atoms with Gasteiger partial charge in [0.05, 0.1) is 0 Å². The quantitative estimate of drug-likeness (QED) is 0.486. The Kier molecular flexibility index (Phi) is 0.465. The van der Waals surface area contributed by atoms with Gasteiger partial charge in [-0.2, -0.15) is 5.54 Å². The molecule has 1 nitrogen and oxygen atoms in total. The maximum atomic E-state index is 11.6. The highest BCUT2D eigenvalue weighted by Crippen LogP contribution is 2.56. The summed E-state index contributed by atoms with van der Waals surface area (Å²) in [5.41, 5.74) is 1.83. The minimum Gasteiger partial charge on any atom is -0.153 e. The maximum Gasteiger partial charge on any atom is 0.0490 e. The molecule has 3 rings (SSSR count). The number of hydrogen-bond acceptors (Lipinski definition) is 1. The van der Waals surface area contributed by atoms with E-state index < -0.39 is 0 Å². The van der Waals surface area contributed by atoms with E-state index in [0.717, 1.165) is 25.2 Å². The van der Waals surface area contributed by atoms with Crippen LogP contribution in [0.2, 0.25) is 0 Å². The van der Waals surface area contributed by atoms with Crippen LogP contribution < -0.4 is 5.54 Å². The van der Waals surface area contributed by atoms with Crippen molar-refractivity contribution in [3.8, 4) is 0 Å². The number of halogens is 1. The SMILES string of the molecule is FNC12CC(C1)C2. The molecule has 0 aromatic rings. The summed E-state index contributed by atoms with van der Waals surface area (Å²) in [4.78, 5) is 0. The van der Waals surface area contributed by atoms with Gasteiger partial charge >= 0.3 is 0 Å². The summed E-state index contributed by atoms with van der Waals surface area (Å²) in [5, 5.41) is 0. The smallest absolute Gasteiger partial charge is 0.0490 e. The van der Waals surface area contributed by atoms with E-state index in [4.69, 9.17) is 0 Å². The van der Waals surface area contributed by atoms with Gasteiger partial charge < -0.3 is 0 Å². The Labute approximate surface area is 41.8 Å². The third-order valence-electron chi connectivity index (χ3n) is 2.24. The second kappa shape index (κ2) is 0.848. The summed E-state index contributed by atoms with van der Waals surface area (Å²) >= 11 is 0. The van der Waals surface area contributed by atoms with E-state index in [9.17, 15) is 4.48 Å². The second-order valence-corrected chi connectivity index (χ2v) is 2.85. The Balaban J connectivity index is 2.03. The highest BCUT2D eigenvalue weighted by Gasteiger charge is 2.57. The van der Waals surface area contributed by atoms with E-state index in [0.29, 0.717) is 0 Å². The molecule has 40 valence electrons. The molecule has 0 spiro atoms. The van der Waals surface area contributed by atoms with Crippen LogP contribution in [-0.4, -0.2) is 5.54 Å². The molecule has 0 heterocycles. The second-order valence-electron chi connectivity index (χ2n) is 2.85. The largest absolute Gasteiger partial charge is 0.153 e. The Morgan fingerprint density at radius 1 is 1.43 bits per heavy atom. The minimum absolute atomic E-state index is 0.00926. The molecule has 2 bridgehead atoms. The van der Waals surface area contributed by atoms with Crippen LogP contribution in [0.25, 0.3) is 0 Å². The van der Waals surface area contributed by atoms with Crippen molar-refractivity contribution in [3.05, 3.63) is 0 Å². The molecule has 1 N–H and O–H groups in total. The molecule has 0 unspecified atom stereocenters. The Bertz CT molecular complexity index is 79.2. The van der Waals surface area contributed by atoms with E-state index >= 15 is 0 Å². The van der Waals surface area contributed by atoms with Gasteiger partial charge in [0, 0.05) is 5.54 Å². The molecule has 7 heavy (non-hydrogen) atoms. The van der Waals surface area contributed by atoms with Gasteiger partial charge in [0.2, 0.25) is 0 Å². The van der Waals surface area contributed by atoms with Gasteiger partial charge in [0.1, 0.15) is 0 Å². The van der Waals surface area contributed by atoms with Gasteiger partial charge in [-0.25, -0.2) is 0 Å². The molecule has 2 heteroatoms. The van der Waals surface area contributed by atoms with Crippen LogP contribution in [-0.2, 0) is 0 Å². The molecule has 0 amide bonds. The van der Waals surface area contributed by atoms with E-state index in [1.54, 1.807) is 0 Å². The summed E-state index contributed by atoms with van der Waals surface area (Å²) in [6.07, 6.45) is 3.26. The predicted molar refractivity (Wildman–Crippen MR) is 24.3 cm³/mol. The fourth-order valence-electron chi connectivity index (χ4n) is 1.59. The van der Waals surface area contributed by atoms with Gasteiger partial charge in [-0.3, -0.25) is 0 Å². The van der Waals surface area contributed by atoms with Gasteiger partial charge in [0.15, 0.2) is 0 Å². The third-order valence-corrected chi connectivity index (χ3v) is 2.24. The van der Waals surface area contributed by atoms with Crippen molar-refractivity contribution in [3.63, 3.8) is 0 Å². The maximum absolute atomic E-state index is 11.6. The molecule has 0 saturated heterocycles. The van der Waals surface area contributed by atoms with Gasteiger partial charge in [-0.1, -0.05) is 0 Å². The van der Waals surface area contributed by atoms with Crippen molar-refractivity contribution in [2.24, 2.45) is 5.92 Å². The first-order valence-electron chi connectivity index (χ1n) is 2.72. The van der Waals surface area contributed by atoms with Crippen LogP contribution in [0.15, 0.2) is 0 Å². The van der Waals surface area contributed by atoms with Gasteiger partial charge in [0.25, 0.3) is 0 Å². The van der Waals surface area contributed by atoms with Crippen molar-refractivity contribution in [1.29, 1.82) is 0 Å². The van der Waals surface area contributed by atoms with Crippen molar-refractivity contribution in [2.75, 3.05) is 0 Å². The predicted octanol–water partition coefficient (Wildman–Crippen LogP) is 1.01. The highest BCUT2D eigenvalue weighted by molar-refractivity contribution is 5.12. The molecule has 0 radical (unpaired) electrons. The van der Waals surface area contributed by atoms with Crippen LogP contribution in [0.1, 0.15) is 19.3 Å². The molecule has 0 atom stereocenters. The lowest BCUT2D eigenvalue weighted by atomic mass is 9.50. The van der Waals surface area contributed by atoms with Crippen LogP contribution in [0, 0.1) is 5.92 Å². The van der Waals surface area contributed by atoms with Gasteiger partial charge in [-0.05, 0) is 25.2 Å². The zero-order valence-electron chi connectivity index (χ0n) is 4.08. The lowest BCUT2D eigenvalue weighted by Gasteiger charge is -2.59. The average Bonchev–Trinajstić information content (AvgIpc) is 1.25.